The molecule has 0 aromatic heterocycles. The van der Waals surface area contributed by atoms with Gasteiger partial charge in [0.2, 0.25) is 0 Å². The number of benzene rings is 1. The van der Waals surface area contributed by atoms with Gasteiger partial charge < -0.3 is 10.2 Å². The smallest absolute Gasteiger partial charge is 0.0677 e. The van der Waals surface area contributed by atoms with E-state index in [9.17, 15) is 0 Å². The maximum atomic E-state index is 9.13. The van der Waals surface area contributed by atoms with Crippen molar-refractivity contribution in [3.63, 3.8) is 0 Å². The molecule has 3 nitrogen and oxygen atoms in total. The summed E-state index contributed by atoms with van der Waals surface area (Å²) in [4.78, 5) is 2.47. The van der Waals surface area contributed by atoms with Crippen LogP contribution in [-0.2, 0) is 0 Å². The van der Waals surface area contributed by atoms with E-state index in [1.165, 1.54) is 44.5 Å². The van der Waals surface area contributed by atoms with E-state index in [4.69, 9.17) is 5.26 Å². The molecule has 0 spiro atoms. The highest BCUT2D eigenvalue weighted by Gasteiger charge is 2.26. The number of hydrogen-bond acceptors (Lipinski definition) is 3. The molecule has 1 aliphatic heterocycles. The van der Waals surface area contributed by atoms with Crippen molar-refractivity contribution in [3.8, 4) is 6.07 Å². The molecule has 2 fully saturated rings. The Bertz CT molecular complexity index is 468. The summed E-state index contributed by atoms with van der Waals surface area (Å²) in [5.41, 5.74) is 2.48. The molecule has 1 aliphatic carbocycles. The Morgan fingerprint density at radius 2 is 1.75 bits per heavy atom. The van der Waals surface area contributed by atoms with E-state index >= 15 is 0 Å². The Morgan fingerprint density at radius 1 is 1.00 bits per heavy atom. The van der Waals surface area contributed by atoms with Crippen LogP contribution in [0.3, 0.4) is 0 Å². The number of nitrogens with zero attached hydrogens (tertiary/aromatic N) is 2. The summed E-state index contributed by atoms with van der Waals surface area (Å²) in [6.45, 7) is 2.37. The molecular weight excluding hydrogens is 246 g/mol. The van der Waals surface area contributed by atoms with Gasteiger partial charge in [-0.15, -0.1) is 0 Å². The number of nitrogens with one attached hydrogen (secondary N) is 1. The van der Waals surface area contributed by atoms with Gasteiger partial charge in [-0.2, -0.15) is 5.26 Å². The topological polar surface area (TPSA) is 39.1 Å². The molecule has 106 valence electrons. The van der Waals surface area contributed by atoms with Crippen molar-refractivity contribution in [1.29, 1.82) is 5.26 Å². The van der Waals surface area contributed by atoms with Crippen LogP contribution in [0.25, 0.3) is 0 Å². The van der Waals surface area contributed by atoms with Crippen LogP contribution in [0.2, 0.25) is 0 Å². The van der Waals surface area contributed by atoms with E-state index in [1.54, 1.807) is 0 Å². The predicted molar refractivity (Wildman–Crippen MR) is 82.9 cm³/mol. The molecule has 1 heterocycles. The van der Waals surface area contributed by atoms with Crippen molar-refractivity contribution in [2.75, 3.05) is 23.3 Å². The third-order valence-corrected chi connectivity index (χ3v) is 4.62. The van der Waals surface area contributed by atoms with Crippen LogP contribution in [0.1, 0.15) is 38.5 Å². The van der Waals surface area contributed by atoms with Crippen molar-refractivity contribution in [1.82, 2.24) is 0 Å². The summed E-state index contributed by atoms with van der Waals surface area (Å²) in [6, 6.07) is 11.5. The van der Waals surface area contributed by atoms with E-state index in [1.807, 2.05) is 0 Å². The molecule has 2 aliphatic rings. The largest absolute Gasteiger partial charge is 0.381 e. The van der Waals surface area contributed by atoms with Gasteiger partial charge >= 0.3 is 0 Å². The minimum Gasteiger partial charge on any atom is -0.381 e. The highest BCUT2D eigenvalue weighted by Crippen LogP contribution is 2.29. The first-order valence-electron chi connectivity index (χ1n) is 7.88. The van der Waals surface area contributed by atoms with Crippen LogP contribution in [0.4, 0.5) is 11.4 Å². The molecule has 2 unspecified atom stereocenters. The number of rotatable bonds is 3. The summed E-state index contributed by atoms with van der Waals surface area (Å²) in [5, 5.41) is 12.7. The van der Waals surface area contributed by atoms with E-state index in [2.05, 4.69) is 40.6 Å². The molecular formula is C17H23N3. The van der Waals surface area contributed by atoms with Gasteiger partial charge in [0, 0.05) is 30.5 Å². The fourth-order valence-corrected chi connectivity index (χ4v) is 3.42. The van der Waals surface area contributed by atoms with Crippen molar-refractivity contribution in [3.05, 3.63) is 24.3 Å². The molecule has 1 aromatic carbocycles. The zero-order valence-corrected chi connectivity index (χ0v) is 12.0. The lowest BCUT2D eigenvalue weighted by atomic mass is 10.1. The van der Waals surface area contributed by atoms with Crippen LogP contribution in [-0.4, -0.2) is 19.1 Å². The molecule has 1 aromatic rings. The van der Waals surface area contributed by atoms with Crippen molar-refractivity contribution >= 4 is 11.4 Å². The van der Waals surface area contributed by atoms with Crippen molar-refractivity contribution < 1.29 is 0 Å². The average Bonchev–Trinajstić information content (AvgIpc) is 2.96. The van der Waals surface area contributed by atoms with Gasteiger partial charge in [-0.25, -0.2) is 0 Å². The van der Waals surface area contributed by atoms with Crippen molar-refractivity contribution in [2.24, 2.45) is 5.92 Å². The molecule has 2 atom stereocenters. The summed E-state index contributed by atoms with van der Waals surface area (Å²) >= 11 is 0. The van der Waals surface area contributed by atoms with Gasteiger partial charge in [0.25, 0.3) is 0 Å². The first-order valence-corrected chi connectivity index (χ1v) is 7.88. The molecule has 3 rings (SSSR count). The summed E-state index contributed by atoms with van der Waals surface area (Å²) < 4.78 is 0. The first-order chi connectivity index (χ1) is 9.86. The van der Waals surface area contributed by atoms with Crippen LogP contribution in [0.15, 0.2) is 24.3 Å². The Kier molecular flexibility index (Phi) is 4.11. The van der Waals surface area contributed by atoms with E-state index in [-0.39, 0.29) is 5.92 Å². The zero-order valence-electron chi connectivity index (χ0n) is 12.0. The fourth-order valence-electron chi connectivity index (χ4n) is 3.42. The number of nitriles is 1. The molecule has 20 heavy (non-hydrogen) atoms. The normalized spacial score (nSPS) is 26.2. The lowest BCUT2D eigenvalue weighted by Crippen LogP contribution is -2.29. The Morgan fingerprint density at radius 3 is 2.45 bits per heavy atom. The minimum atomic E-state index is 0.178. The second-order valence-corrected chi connectivity index (χ2v) is 6.01. The van der Waals surface area contributed by atoms with Gasteiger partial charge in [-0.05, 0) is 62.8 Å². The van der Waals surface area contributed by atoms with Gasteiger partial charge in [0.15, 0.2) is 0 Å². The Balaban J connectivity index is 1.62. The molecule has 1 N–H and O–H groups in total. The van der Waals surface area contributed by atoms with Crippen LogP contribution < -0.4 is 10.2 Å². The second-order valence-electron chi connectivity index (χ2n) is 6.01. The number of piperidine rings is 1. The fraction of sp³-hybridized carbons (Fsp3) is 0.588. The summed E-state index contributed by atoms with van der Waals surface area (Å²) in [6.07, 6.45) is 7.32. The van der Waals surface area contributed by atoms with E-state index in [0.717, 1.165) is 18.5 Å². The van der Waals surface area contributed by atoms with Crippen LogP contribution >= 0.6 is 0 Å². The zero-order chi connectivity index (χ0) is 13.8. The standard InChI is InChI=1S/C17H23N3/c18-13-14-5-4-6-17(14)19-15-7-9-16(10-8-15)20-11-2-1-3-12-20/h7-10,14,17,19H,1-6,11-12H2. The minimum absolute atomic E-state index is 0.178. The van der Waals surface area contributed by atoms with E-state index in [0.29, 0.717) is 6.04 Å². The Hall–Kier alpha value is -1.69. The van der Waals surface area contributed by atoms with E-state index < -0.39 is 0 Å². The van der Waals surface area contributed by atoms with Gasteiger partial charge in [0.1, 0.15) is 0 Å². The molecule has 0 bridgehead atoms. The molecule has 1 saturated carbocycles. The maximum absolute atomic E-state index is 9.13. The highest BCUT2D eigenvalue weighted by atomic mass is 15.1. The van der Waals surface area contributed by atoms with Crippen LogP contribution in [0, 0.1) is 17.2 Å². The molecule has 0 amide bonds. The molecule has 1 saturated heterocycles. The monoisotopic (exact) mass is 269 g/mol. The molecule has 0 radical (unpaired) electrons. The predicted octanol–water partition coefficient (Wildman–Crippen LogP) is 3.78. The van der Waals surface area contributed by atoms with Crippen molar-refractivity contribution in [2.45, 2.75) is 44.6 Å². The lowest BCUT2D eigenvalue weighted by molar-refractivity contribution is 0.578. The van der Waals surface area contributed by atoms with Crippen LogP contribution in [0.5, 0.6) is 0 Å². The number of hydrogen-bond donors (Lipinski definition) is 1. The maximum Gasteiger partial charge on any atom is 0.0677 e. The average molecular weight is 269 g/mol. The SMILES string of the molecule is N#CC1CCCC1Nc1ccc(N2CCCCC2)cc1. The Labute approximate surface area is 121 Å². The third kappa shape index (κ3) is 2.90. The summed E-state index contributed by atoms with van der Waals surface area (Å²) in [7, 11) is 0. The highest BCUT2D eigenvalue weighted by molar-refractivity contribution is 5.55. The number of anilines is 2. The lowest BCUT2D eigenvalue weighted by Gasteiger charge is -2.29. The second kappa shape index (κ2) is 6.17. The molecule has 3 heteroatoms. The van der Waals surface area contributed by atoms with Gasteiger partial charge in [-0.3, -0.25) is 0 Å². The third-order valence-electron chi connectivity index (χ3n) is 4.62. The van der Waals surface area contributed by atoms with Gasteiger partial charge in [0.05, 0.1) is 12.0 Å². The quantitative estimate of drug-likeness (QED) is 0.907. The summed E-state index contributed by atoms with van der Waals surface area (Å²) in [5.74, 6) is 0.178. The first kappa shape index (κ1) is 13.3. The van der Waals surface area contributed by atoms with Gasteiger partial charge in [-0.1, -0.05) is 0 Å².